The molecule has 1 unspecified atom stereocenters. The largest absolute Gasteiger partial charge is 0.368 e. The number of unbranched alkanes of at least 4 members (excludes halogenated alkanes) is 1. The molecule has 0 fully saturated rings. The number of amides is 2. The van der Waals surface area contributed by atoms with Crippen LogP contribution >= 0.6 is 15.9 Å². The predicted octanol–water partition coefficient (Wildman–Crippen LogP) is 0.131. The van der Waals surface area contributed by atoms with Gasteiger partial charge in [-0.1, -0.05) is 22.9 Å². The minimum Gasteiger partial charge on any atom is -0.368 e. The number of nitrogens with one attached hydrogen (secondary N) is 2. The molecular formula is C10H20BrN3O2. The first kappa shape index (κ1) is 15.4. The summed E-state index contributed by atoms with van der Waals surface area (Å²) in [5, 5.41) is 6.10. The van der Waals surface area contributed by atoms with E-state index in [9.17, 15) is 9.59 Å². The molecule has 16 heavy (non-hydrogen) atoms. The summed E-state index contributed by atoms with van der Waals surface area (Å²) in [6.07, 6.45) is 2.43. The Bertz CT molecular complexity index is 224. The number of primary amides is 1. The van der Waals surface area contributed by atoms with Gasteiger partial charge in [-0.15, -0.1) is 0 Å². The van der Waals surface area contributed by atoms with E-state index in [1.807, 2.05) is 6.92 Å². The van der Waals surface area contributed by atoms with Gasteiger partial charge in [0.2, 0.25) is 11.8 Å². The quantitative estimate of drug-likeness (QED) is 0.417. The van der Waals surface area contributed by atoms with Gasteiger partial charge in [0.25, 0.3) is 0 Å². The van der Waals surface area contributed by atoms with Crippen molar-refractivity contribution in [2.45, 2.75) is 32.2 Å². The highest BCUT2D eigenvalue weighted by Crippen LogP contribution is 2.00. The van der Waals surface area contributed by atoms with Gasteiger partial charge in [0.1, 0.15) is 0 Å². The van der Waals surface area contributed by atoms with Gasteiger partial charge >= 0.3 is 0 Å². The average Bonchev–Trinajstić information content (AvgIpc) is 2.26. The first-order valence-corrected chi connectivity index (χ1v) is 6.59. The van der Waals surface area contributed by atoms with E-state index >= 15 is 0 Å². The molecular weight excluding hydrogens is 274 g/mol. The molecule has 0 aromatic rings. The monoisotopic (exact) mass is 293 g/mol. The first-order chi connectivity index (χ1) is 7.61. The molecule has 0 aliphatic heterocycles. The number of hydrogen-bond donors (Lipinski definition) is 3. The number of likely N-dealkylation sites (N-methyl/N-ethyl adjacent to an activating group) is 1. The van der Waals surface area contributed by atoms with Gasteiger partial charge in [0.15, 0.2) is 0 Å². The van der Waals surface area contributed by atoms with Crippen LogP contribution in [0.1, 0.15) is 26.2 Å². The van der Waals surface area contributed by atoms with Crippen molar-refractivity contribution >= 4 is 27.7 Å². The minimum absolute atomic E-state index is 0.0156. The van der Waals surface area contributed by atoms with Crippen LogP contribution in [0.4, 0.5) is 0 Å². The summed E-state index contributed by atoms with van der Waals surface area (Å²) >= 11 is 3.06. The van der Waals surface area contributed by atoms with Crippen molar-refractivity contribution in [3.05, 3.63) is 0 Å². The minimum atomic E-state index is -0.314. The van der Waals surface area contributed by atoms with Gasteiger partial charge in [-0.25, -0.2) is 0 Å². The number of hydrogen-bond acceptors (Lipinski definition) is 3. The third-order valence-electron chi connectivity index (χ3n) is 2.16. The topological polar surface area (TPSA) is 84.2 Å². The molecule has 2 amide bonds. The Balaban J connectivity index is 3.55. The molecule has 0 saturated heterocycles. The van der Waals surface area contributed by atoms with Crippen LogP contribution in [0, 0.1) is 0 Å². The fraction of sp³-hybridized carbons (Fsp3) is 0.800. The van der Waals surface area contributed by atoms with Crippen LogP contribution in [0.3, 0.4) is 0 Å². The molecule has 0 spiro atoms. The van der Waals surface area contributed by atoms with Crippen LogP contribution in [0.15, 0.2) is 0 Å². The molecule has 0 aliphatic carbocycles. The average molecular weight is 294 g/mol. The smallest absolute Gasteiger partial charge is 0.234 e. The molecule has 0 bridgehead atoms. The van der Waals surface area contributed by atoms with Gasteiger partial charge in [-0.05, 0) is 25.8 Å². The van der Waals surface area contributed by atoms with Gasteiger partial charge in [-0.2, -0.15) is 0 Å². The normalized spacial score (nSPS) is 12.1. The zero-order chi connectivity index (χ0) is 12.4. The van der Waals surface area contributed by atoms with E-state index in [0.29, 0.717) is 18.3 Å². The molecule has 5 nitrogen and oxygen atoms in total. The Morgan fingerprint density at radius 3 is 2.56 bits per heavy atom. The first-order valence-electron chi connectivity index (χ1n) is 5.47. The van der Waals surface area contributed by atoms with Crippen LogP contribution in [-0.2, 0) is 9.59 Å². The lowest BCUT2D eigenvalue weighted by Gasteiger charge is -2.13. The zero-order valence-corrected chi connectivity index (χ0v) is 11.2. The molecule has 0 rings (SSSR count). The third kappa shape index (κ3) is 7.64. The van der Waals surface area contributed by atoms with E-state index < -0.39 is 0 Å². The molecule has 4 N–H and O–H groups in total. The molecule has 0 radical (unpaired) electrons. The van der Waals surface area contributed by atoms with Crippen molar-refractivity contribution in [3.63, 3.8) is 0 Å². The molecule has 94 valence electrons. The Labute approximate surface area is 105 Å². The number of halogens is 1. The van der Waals surface area contributed by atoms with Crippen LogP contribution in [0.25, 0.3) is 0 Å². The second kappa shape index (κ2) is 9.59. The highest BCUT2D eigenvalue weighted by atomic mass is 79.9. The van der Waals surface area contributed by atoms with Crippen LogP contribution in [0.5, 0.6) is 0 Å². The molecule has 0 aromatic carbocycles. The van der Waals surface area contributed by atoms with Crippen molar-refractivity contribution in [3.8, 4) is 0 Å². The number of rotatable bonds is 9. The summed E-state index contributed by atoms with van der Waals surface area (Å²) < 4.78 is 0. The van der Waals surface area contributed by atoms with E-state index in [2.05, 4.69) is 26.6 Å². The number of carbonyl (C=O) groups excluding carboxylic acids is 2. The van der Waals surface area contributed by atoms with E-state index in [1.165, 1.54) is 0 Å². The van der Waals surface area contributed by atoms with E-state index in [0.717, 1.165) is 19.4 Å². The lowest BCUT2D eigenvalue weighted by atomic mass is 10.1. The fourth-order valence-corrected chi connectivity index (χ4v) is 1.54. The lowest BCUT2D eigenvalue weighted by molar-refractivity contribution is -0.120. The van der Waals surface area contributed by atoms with Crippen LogP contribution in [-0.4, -0.2) is 36.3 Å². The van der Waals surface area contributed by atoms with Gasteiger partial charge < -0.3 is 16.4 Å². The standard InChI is InChI=1S/C10H20BrN3O2/c1-2-13-8(10(12)16)5-3-4-6-14-9(15)7-11/h8,13H,2-7H2,1H3,(H2,12,16)(H,14,15). The predicted molar refractivity (Wildman–Crippen MR) is 67.3 cm³/mol. The van der Waals surface area contributed by atoms with Crippen molar-refractivity contribution in [2.24, 2.45) is 5.73 Å². The van der Waals surface area contributed by atoms with Gasteiger partial charge in [-0.3, -0.25) is 9.59 Å². The molecule has 1 atom stereocenters. The molecule has 0 aliphatic rings. The summed E-state index contributed by atoms with van der Waals surface area (Å²) in [5.41, 5.74) is 5.23. The van der Waals surface area contributed by atoms with Crippen molar-refractivity contribution < 1.29 is 9.59 Å². The summed E-state index contributed by atoms with van der Waals surface area (Å²) in [5.74, 6) is -0.329. The fourth-order valence-electron chi connectivity index (χ4n) is 1.34. The van der Waals surface area contributed by atoms with Gasteiger partial charge in [0, 0.05) is 6.54 Å². The number of nitrogens with two attached hydrogens (primary N) is 1. The summed E-state index contributed by atoms with van der Waals surface area (Å²) in [6, 6.07) is -0.253. The summed E-state index contributed by atoms with van der Waals surface area (Å²) in [4.78, 5) is 21.9. The number of carbonyl (C=O) groups is 2. The lowest BCUT2D eigenvalue weighted by Crippen LogP contribution is -2.41. The van der Waals surface area contributed by atoms with E-state index in [1.54, 1.807) is 0 Å². The van der Waals surface area contributed by atoms with Crippen molar-refractivity contribution in [2.75, 3.05) is 18.4 Å². The highest BCUT2D eigenvalue weighted by Gasteiger charge is 2.12. The van der Waals surface area contributed by atoms with E-state index in [-0.39, 0.29) is 17.9 Å². The molecule has 6 heteroatoms. The highest BCUT2D eigenvalue weighted by molar-refractivity contribution is 9.09. The Morgan fingerprint density at radius 1 is 1.38 bits per heavy atom. The number of alkyl halides is 1. The van der Waals surface area contributed by atoms with Crippen LogP contribution in [0.2, 0.25) is 0 Å². The molecule has 0 heterocycles. The summed E-state index contributed by atoms with van der Waals surface area (Å²) in [6.45, 7) is 3.31. The Morgan fingerprint density at radius 2 is 2.06 bits per heavy atom. The Hall–Kier alpha value is -0.620. The third-order valence-corrected chi connectivity index (χ3v) is 2.67. The Kier molecular flexibility index (Phi) is 9.22. The zero-order valence-electron chi connectivity index (χ0n) is 9.59. The van der Waals surface area contributed by atoms with Crippen molar-refractivity contribution in [1.82, 2.24) is 10.6 Å². The maximum absolute atomic E-state index is 11.0. The maximum atomic E-state index is 11.0. The second-order valence-electron chi connectivity index (χ2n) is 3.49. The van der Waals surface area contributed by atoms with Crippen LogP contribution < -0.4 is 16.4 Å². The molecule has 0 saturated carbocycles. The van der Waals surface area contributed by atoms with E-state index in [4.69, 9.17) is 5.73 Å². The maximum Gasteiger partial charge on any atom is 0.234 e. The van der Waals surface area contributed by atoms with Gasteiger partial charge in [0.05, 0.1) is 11.4 Å². The second-order valence-corrected chi connectivity index (χ2v) is 4.05. The summed E-state index contributed by atoms with van der Waals surface area (Å²) in [7, 11) is 0. The SMILES string of the molecule is CCNC(CCCCNC(=O)CBr)C(N)=O. The van der Waals surface area contributed by atoms with Crippen molar-refractivity contribution in [1.29, 1.82) is 0 Å². The molecule has 0 aromatic heterocycles.